The van der Waals surface area contributed by atoms with E-state index in [1.165, 1.54) is 6.07 Å². The fourth-order valence-corrected chi connectivity index (χ4v) is 5.45. The van der Waals surface area contributed by atoms with Crippen LogP contribution < -0.4 is 15.4 Å². The summed E-state index contributed by atoms with van der Waals surface area (Å²) in [6.45, 7) is 7.12. The quantitative estimate of drug-likeness (QED) is 0.611. The van der Waals surface area contributed by atoms with Crippen molar-refractivity contribution < 1.29 is 13.9 Å². The molecule has 9 nitrogen and oxygen atoms in total. The minimum Gasteiger partial charge on any atom is -0.490 e. The van der Waals surface area contributed by atoms with E-state index in [1.54, 1.807) is 18.3 Å². The van der Waals surface area contributed by atoms with Gasteiger partial charge in [-0.15, -0.1) is 0 Å². The van der Waals surface area contributed by atoms with Gasteiger partial charge in [-0.25, -0.2) is 19.2 Å². The zero-order chi connectivity index (χ0) is 26.8. The molecule has 3 heterocycles. The number of nitrogens with one attached hydrogen (secondary N) is 2. The average Bonchev–Trinajstić information content (AvgIpc) is 3.19. The van der Waals surface area contributed by atoms with Gasteiger partial charge in [0.25, 0.3) is 0 Å². The van der Waals surface area contributed by atoms with Crippen LogP contribution in [-0.4, -0.2) is 90.1 Å². The zero-order valence-corrected chi connectivity index (χ0v) is 22.7. The smallest absolute Gasteiger partial charge is 0.323 e. The number of hydrogen-bond donors (Lipinski definition) is 2. The Labute approximate surface area is 224 Å². The van der Waals surface area contributed by atoms with Crippen LogP contribution in [0.2, 0.25) is 0 Å². The molecule has 2 N–H and O–H groups in total. The summed E-state index contributed by atoms with van der Waals surface area (Å²) in [5.41, 5.74) is 1.54. The number of nitrogens with zero attached hydrogens (tertiary/aromatic N) is 5. The summed E-state index contributed by atoms with van der Waals surface area (Å²) in [6.07, 6.45) is 4.35. The molecule has 10 heteroatoms. The van der Waals surface area contributed by atoms with Crippen LogP contribution in [0.15, 0.2) is 41.5 Å². The molecule has 3 aliphatic rings. The number of pyridine rings is 1. The summed E-state index contributed by atoms with van der Waals surface area (Å²) in [7, 11) is 4.12. The lowest BCUT2D eigenvalue weighted by Gasteiger charge is -2.34. The van der Waals surface area contributed by atoms with Crippen LogP contribution in [0.25, 0.3) is 0 Å². The Hall–Kier alpha value is -3.40. The lowest BCUT2D eigenvalue weighted by Crippen LogP contribution is -2.48. The van der Waals surface area contributed by atoms with Crippen molar-refractivity contribution in [1.29, 1.82) is 0 Å². The first kappa shape index (κ1) is 26.2. The molecule has 2 aliphatic heterocycles. The van der Waals surface area contributed by atoms with Crippen molar-refractivity contribution in [2.45, 2.75) is 57.2 Å². The van der Waals surface area contributed by atoms with Crippen LogP contribution in [0, 0.1) is 5.82 Å². The number of likely N-dealkylation sites (N-methyl/N-ethyl adjacent to an activating group) is 2. The largest absolute Gasteiger partial charge is 0.490 e. The van der Waals surface area contributed by atoms with Gasteiger partial charge in [0.2, 0.25) is 0 Å². The second-order valence-electron chi connectivity index (χ2n) is 10.9. The van der Waals surface area contributed by atoms with Gasteiger partial charge in [-0.1, -0.05) is 13.8 Å². The van der Waals surface area contributed by atoms with E-state index in [4.69, 9.17) is 9.73 Å². The molecule has 0 spiro atoms. The average molecular weight is 524 g/mol. The van der Waals surface area contributed by atoms with Crippen molar-refractivity contribution in [1.82, 2.24) is 19.7 Å². The van der Waals surface area contributed by atoms with E-state index in [9.17, 15) is 9.18 Å². The number of ether oxygens (including phenoxy) is 1. The van der Waals surface area contributed by atoms with Crippen molar-refractivity contribution in [3.8, 4) is 5.75 Å². The number of guanidine groups is 1. The van der Waals surface area contributed by atoms with Crippen molar-refractivity contribution in [3.63, 3.8) is 0 Å². The van der Waals surface area contributed by atoms with Crippen LogP contribution in [0.4, 0.5) is 20.7 Å². The minimum atomic E-state index is -0.181. The molecule has 1 aliphatic carbocycles. The van der Waals surface area contributed by atoms with Crippen molar-refractivity contribution in [3.05, 3.63) is 47.9 Å². The van der Waals surface area contributed by atoms with Gasteiger partial charge in [0.15, 0.2) is 5.96 Å². The maximum Gasteiger partial charge on any atom is 0.323 e. The topological polar surface area (TPSA) is 85.3 Å². The van der Waals surface area contributed by atoms with Gasteiger partial charge >= 0.3 is 6.03 Å². The van der Waals surface area contributed by atoms with Crippen LogP contribution in [0.3, 0.4) is 0 Å². The number of anilines is 2. The number of piperazine rings is 1. The molecule has 1 saturated carbocycles. The van der Waals surface area contributed by atoms with Crippen LogP contribution in [0.1, 0.15) is 44.6 Å². The molecule has 2 amide bonds. The molecule has 1 saturated heterocycles. The highest BCUT2D eigenvalue weighted by atomic mass is 19.1. The number of halogens is 1. The summed E-state index contributed by atoms with van der Waals surface area (Å²) in [5.74, 6) is 1.91. The van der Waals surface area contributed by atoms with Crippen LogP contribution in [0.5, 0.6) is 5.75 Å². The van der Waals surface area contributed by atoms with E-state index in [-0.39, 0.29) is 29.9 Å². The number of amides is 2. The SMILES string of the molecule is CC(C)c1cc(NC2=N[C@H]3CC(Oc4ccnc(NC(=O)N5CCN(C)CC5)c4)CCC3N2C)ccc1F. The van der Waals surface area contributed by atoms with Crippen molar-refractivity contribution in [2.75, 3.05) is 50.9 Å². The highest BCUT2D eigenvalue weighted by molar-refractivity contribution is 5.95. The molecule has 1 aromatic heterocycles. The lowest BCUT2D eigenvalue weighted by molar-refractivity contribution is 0.117. The van der Waals surface area contributed by atoms with E-state index >= 15 is 0 Å². The summed E-state index contributed by atoms with van der Waals surface area (Å²) in [4.78, 5) is 28.1. The van der Waals surface area contributed by atoms with E-state index in [0.717, 1.165) is 44.0 Å². The molecule has 2 unspecified atom stereocenters. The fraction of sp³-hybridized carbons (Fsp3) is 0.536. The number of rotatable bonds is 5. The monoisotopic (exact) mass is 523 g/mol. The normalized spacial score (nSPS) is 23.7. The summed E-state index contributed by atoms with van der Waals surface area (Å²) < 4.78 is 20.5. The number of urea groups is 1. The molecule has 3 atom stereocenters. The van der Waals surface area contributed by atoms with E-state index in [1.807, 2.05) is 30.9 Å². The summed E-state index contributed by atoms with van der Waals surface area (Å²) >= 11 is 0. The van der Waals surface area contributed by atoms with Gasteiger partial charge < -0.3 is 24.8 Å². The van der Waals surface area contributed by atoms with Gasteiger partial charge in [-0.05, 0) is 55.6 Å². The van der Waals surface area contributed by atoms with Crippen LogP contribution in [-0.2, 0) is 0 Å². The Morgan fingerprint density at radius 2 is 1.89 bits per heavy atom. The predicted molar refractivity (Wildman–Crippen MR) is 147 cm³/mol. The molecule has 2 aromatic rings. The van der Waals surface area contributed by atoms with Gasteiger partial charge in [0.05, 0.1) is 12.1 Å². The van der Waals surface area contributed by atoms with Gasteiger partial charge in [-0.3, -0.25) is 5.32 Å². The predicted octanol–water partition coefficient (Wildman–Crippen LogP) is 4.21. The molecule has 0 radical (unpaired) electrons. The number of carbonyl (C=O) groups is 1. The first-order valence-electron chi connectivity index (χ1n) is 13.5. The highest BCUT2D eigenvalue weighted by Crippen LogP contribution is 2.33. The van der Waals surface area contributed by atoms with Gasteiger partial charge in [0.1, 0.15) is 23.5 Å². The first-order valence-corrected chi connectivity index (χ1v) is 13.5. The van der Waals surface area contributed by atoms with E-state index < -0.39 is 0 Å². The standard InChI is InChI=1S/C28H38FN7O2/c1-18(2)22-15-19(5-7-23(22)29)31-27-32-24-16-20(6-8-25(24)35(27)4)38-21-9-10-30-26(17-21)33-28(37)36-13-11-34(3)12-14-36/h5,7,9-10,15,17-18,20,24-25H,6,8,11-14,16H2,1-4H3,(H,31,32)(H,30,33,37)/t20?,24-,25?/m0/s1. The maximum absolute atomic E-state index is 14.1. The van der Waals surface area contributed by atoms with Crippen LogP contribution >= 0.6 is 0 Å². The Balaban J connectivity index is 1.19. The molecule has 5 rings (SSSR count). The van der Waals surface area contributed by atoms with Gasteiger partial charge in [0, 0.05) is 57.6 Å². The number of benzene rings is 1. The van der Waals surface area contributed by atoms with Crippen molar-refractivity contribution in [2.24, 2.45) is 4.99 Å². The number of aliphatic imine (C=N–C) groups is 1. The Kier molecular flexibility index (Phi) is 7.69. The van der Waals surface area contributed by atoms with Crippen molar-refractivity contribution >= 4 is 23.5 Å². The van der Waals surface area contributed by atoms with E-state index in [2.05, 4.69) is 39.5 Å². The zero-order valence-electron chi connectivity index (χ0n) is 22.7. The Morgan fingerprint density at radius 1 is 1.11 bits per heavy atom. The molecular formula is C28H38FN7O2. The lowest BCUT2D eigenvalue weighted by atomic mass is 9.89. The third kappa shape index (κ3) is 5.85. The molecule has 204 valence electrons. The minimum absolute atomic E-state index is 0.0229. The fourth-order valence-electron chi connectivity index (χ4n) is 5.45. The maximum atomic E-state index is 14.1. The molecule has 2 fully saturated rings. The summed E-state index contributed by atoms with van der Waals surface area (Å²) in [5, 5.41) is 6.31. The third-order valence-corrected chi connectivity index (χ3v) is 7.79. The Bertz CT molecular complexity index is 1180. The molecular weight excluding hydrogens is 485 g/mol. The number of carbonyl (C=O) groups excluding carboxylic acids is 1. The highest BCUT2D eigenvalue weighted by Gasteiger charge is 2.39. The third-order valence-electron chi connectivity index (χ3n) is 7.79. The van der Waals surface area contributed by atoms with Gasteiger partial charge in [-0.2, -0.15) is 0 Å². The molecule has 1 aromatic carbocycles. The second-order valence-corrected chi connectivity index (χ2v) is 10.9. The number of aromatic nitrogens is 1. The summed E-state index contributed by atoms with van der Waals surface area (Å²) in [6, 6.07) is 9.05. The Morgan fingerprint density at radius 3 is 2.66 bits per heavy atom. The second kappa shape index (κ2) is 11.1. The van der Waals surface area contributed by atoms with E-state index in [0.29, 0.717) is 36.3 Å². The number of fused-ring (bicyclic) bond motifs is 1. The first-order chi connectivity index (χ1) is 18.3. The molecule has 38 heavy (non-hydrogen) atoms. The molecule has 0 bridgehead atoms. The number of hydrogen-bond acceptors (Lipinski definition) is 7.